The molecule has 0 bridgehead atoms. The van der Waals surface area contributed by atoms with Gasteiger partial charge in [-0.25, -0.2) is 4.98 Å². The van der Waals surface area contributed by atoms with Gasteiger partial charge in [0.2, 0.25) is 5.91 Å². The van der Waals surface area contributed by atoms with Gasteiger partial charge >= 0.3 is 0 Å². The highest BCUT2D eigenvalue weighted by atomic mass is 79.9. The van der Waals surface area contributed by atoms with E-state index >= 15 is 0 Å². The van der Waals surface area contributed by atoms with Crippen LogP contribution in [0.2, 0.25) is 0 Å². The Balaban J connectivity index is 1.78. The first-order chi connectivity index (χ1) is 9.65. The smallest absolute Gasteiger partial charge is 0.226 e. The molecule has 0 spiro atoms. The predicted molar refractivity (Wildman–Crippen MR) is 87.1 cm³/mol. The lowest BCUT2D eigenvalue weighted by Gasteiger charge is -2.05. The third kappa shape index (κ3) is 4.65. The first-order valence-electron chi connectivity index (χ1n) is 6.25. The van der Waals surface area contributed by atoms with Crippen molar-refractivity contribution in [2.24, 2.45) is 0 Å². The van der Waals surface area contributed by atoms with Gasteiger partial charge in [0, 0.05) is 27.7 Å². The van der Waals surface area contributed by atoms with Crippen LogP contribution in [-0.2, 0) is 4.79 Å². The Bertz CT molecular complexity index is 587. The van der Waals surface area contributed by atoms with Crippen LogP contribution in [0.15, 0.2) is 52.0 Å². The molecule has 0 atom stereocenters. The van der Waals surface area contributed by atoms with Gasteiger partial charge in [0.15, 0.2) is 0 Å². The fourth-order valence-corrected chi connectivity index (χ4v) is 3.08. The molecule has 1 N–H and O–H groups in total. The fourth-order valence-electron chi connectivity index (χ4n) is 1.56. The molecule has 0 aliphatic rings. The van der Waals surface area contributed by atoms with Gasteiger partial charge in [0.25, 0.3) is 0 Å². The van der Waals surface area contributed by atoms with Crippen molar-refractivity contribution in [2.45, 2.75) is 18.2 Å². The molecule has 0 saturated carbocycles. The van der Waals surface area contributed by atoms with Crippen LogP contribution in [-0.4, -0.2) is 16.6 Å². The Hall–Kier alpha value is -1.33. The topological polar surface area (TPSA) is 42.0 Å². The highest BCUT2D eigenvalue weighted by molar-refractivity contribution is 9.10. The van der Waals surface area contributed by atoms with Crippen molar-refractivity contribution in [1.29, 1.82) is 0 Å². The molecule has 2 aromatic rings. The largest absolute Gasteiger partial charge is 0.311 e. The minimum absolute atomic E-state index is 0.0130. The Morgan fingerprint density at radius 2 is 2.10 bits per heavy atom. The van der Waals surface area contributed by atoms with Crippen molar-refractivity contribution in [1.82, 2.24) is 4.98 Å². The number of benzene rings is 1. The van der Waals surface area contributed by atoms with E-state index in [2.05, 4.69) is 26.2 Å². The van der Waals surface area contributed by atoms with Crippen LogP contribution in [0, 0.1) is 6.92 Å². The molecule has 0 fully saturated rings. The number of aryl methyl sites for hydroxylation is 1. The zero-order chi connectivity index (χ0) is 14.4. The lowest BCUT2D eigenvalue weighted by molar-refractivity contribution is -0.115. The van der Waals surface area contributed by atoms with Gasteiger partial charge in [-0.05, 0) is 46.6 Å². The number of amides is 1. The Morgan fingerprint density at radius 1 is 1.30 bits per heavy atom. The van der Waals surface area contributed by atoms with Crippen LogP contribution in [0.4, 0.5) is 5.82 Å². The number of aromatic nitrogens is 1. The molecule has 3 nitrogen and oxygen atoms in total. The highest BCUT2D eigenvalue weighted by Crippen LogP contribution is 2.27. The number of carbonyl (C=O) groups excluding carboxylic acids is 1. The summed E-state index contributed by atoms with van der Waals surface area (Å²) in [7, 11) is 0. The average Bonchev–Trinajstić information content (AvgIpc) is 2.43. The minimum atomic E-state index is -0.0130. The molecule has 2 rings (SSSR count). The maximum absolute atomic E-state index is 11.8. The average molecular weight is 351 g/mol. The summed E-state index contributed by atoms with van der Waals surface area (Å²) in [6, 6.07) is 11.7. The van der Waals surface area contributed by atoms with Crippen LogP contribution in [0.3, 0.4) is 0 Å². The predicted octanol–water partition coefficient (Wildman–Crippen LogP) is 4.27. The molecule has 0 unspecified atom stereocenters. The minimum Gasteiger partial charge on any atom is -0.311 e. The van der Waals surface area contributed by atoms with Gasteiger partial charge in [0.05, 0.1) is 0 Å². The molecule has 20 heavy (non-hydrogen) atoms. The molecule has 0 radical (unpaired) electrons. The third-order valence-electron chi connectivity index (χ3n) is 2.60. The van der Waals surface area contributed by atoms with Crippen molar-refractivity contribution in [3.8, 4) is 0 Å². The van der Waals surface area contributed by atoms with Crippen molar-refractivity contribution < 1.29 is 4.79 Å². The normalized spacial score (nSPS) is 10.3. The lowest BCUT2D eigenvalue weighted by atomic mass is 10.3. The van der Waals surface area contributed by atoms with E-state index < -0.39 is 0 Å². The summed E-state index contributed by atoms with van der Waals surface area (Å²) in [5.41, 5.74) is 1.08. The molecular weight excluding hydrogens is 336 g/mol. The van der Waals surface area contributed by atoms with Gasteiger partial charge in [0.1, 0.15) is 5.82 Å². The summed E-state index contributed by atoms with van der Waals surface area (Å²) in [4.78, 5) is 17.1. The van der Waals surface area contributed by atoms with Gasteiger partial charge in [-0.1, -0.05) is 18.2 Å². The molecule has 0 aliphatic heterocycles. The number of hydrogen-bond donors (Lipinski definition) is 1. The lowest BCUT2D eigenvalue weighted by Crippen LogP contribution is -2.13. The summed E-state index contributed by atoms with van der Waals surface area (Å²) in [6.07, 6.45) is 2.20. The van der Waals surface area contributed by atoms with E-state index in [9.17, 15) is 4.79 Å². The maximum Gasteiger partial charge on any atom is 0.226 e. The Kier molecular flexibility index (Phi) is 5.61. The van der Waals surface area contributed by atoms with Crippen LogP contribution in [0.25, 0.3) is 0 Å². The third-order valence-corrected chi connectivity index (χ3v) is 4.63. The second kappa shape index (κ2) is 7.45. The number of carbonyl (C=O) groups is 1. The zero-order valence-electron chi connectivity index (χ0n) is 11.1. The number of anilines is 1. The number of nitrogens with zero attached hydrogens (tertiary/aromatic N) is 1. The van der Waals surface area contributed by atoms with Gasteiger partial charge < -0.3 is 5.32 Å². The standard InChI is InChI=1S/C15H15BrN2OS/c1-11-6-7-14(17-10-11)18-15(19)8-9-20-13-5-3-2-4-12(13)16/h2-7,10H,8-9H2,1H3,(H,17,18,19). The summed E-state index contributed by atoms with van der Waals surface area (Å²) >= 11 is 5.15. The van der Waals surface area contributed by atoms with Crippen LogP contribution in [0.5, 0.6) is 0 Å². The molecule has 0 aliphatic carbocycles. The van der Waals surface area contributed by atoms with E-state index in [0.29, 0.717) is 12.2 Å². The van der Waals surface area contributed by atoms with E-state index in [0.717, 1.165) is 20.7 Å². The SMILES string of the molecule is Cc1ccc(NC(=O)CCSc2ccccc2Br)nc1. The number of nitrogens with one attached hydrogen (secondary N) is 1. The summed E-state index contributed by atoms with van der Waals surface area (Å²) in [6.45, 7) is 1.97. The van der Waals surface area contributed by atoms with Crippen molar-refractivity contribution in [3.63, 3.8) is 0 Å². The molecular formula is C15H15BrN2OS. The molecule has 5 heteroatoms. The van der Waals surface area contributed by atoms with Gasteiger partial charge in [-0.2, -0.15) is 0 Å². The molecule has 1 aromatic heterocycles. The quantitative estimate of drug-likeness (QED) is 0.818. The number of pyridine rings is 1. The van der Waals surface area contributed by atoms with E-state index in [1.165, 1.54) is 0 Å². The highest BCUT2D eigenvalue weighted by Gasteiger charge is 2.05. The van der Waals surface area contributed by atoms with Crippen LogP contribution < -0.4 is 5.32 Å². The Labute approximate surface area is 131 Å². The fraction of sp³-hybridized carbons (Fsp3) is 0.200. The summed E-state index contributed by atoms with van der Waals surface area (Å²) in [5.74, 6) is 1.33. The van der Waals surface area contributed by atoms with E-state index in [4.69, 9.17) is 0 Å². The summed E-state index contributed by atoms with van der Waals surface area (Å²) < 4.78 is 1.06. The first kappa shape index (κ1) is 15.1. The molecule has 104 valence electrons. The molecule has 0 saturated heterocycles. The second-order valence-electron chi connectivity index (χ2n) is 4.30. The number of thioether (sulfide) groups is 1. The van der Waals surface area contributed by atoms with Crippen molar-refractivity contribution in [2.75, 3.05) is 11.1 Å². The Morgan fingerprint density at radius 3 is 2.80 bits per heavy atom. The second-order valence-corrected chi connectivity index (χ2v) is 6.29. The number of hydrogen-bond acceptors (Lipinski definition) is 3. The van der Waals surface area contributed by atoms with E-state index in [-0.39, 0.29) is 5.91 Å². The summed E-state index contributed by atoms with van der Waals surface area (Å²) in [5, 5.41) is 2.79. The molecule has 1 amide bonds. The van der Waals surface area contributed by atoms with Gasteiger partial charge in [-0.3, -0.25) is 4.79 Å². The molecule has 1 heterocycles. The molecule has 1 aromatic carbocycles. The van der Waals surface area contributed by atoms with Crippen molar-refractivity contribution >= 4 is 39.4 Å². The zero-order valence-corrected chi connectivity index (χ0v) is 13.5. The number of halogens is 1. The first-order valence-corrected chi connectivity index (χ1v) is 8.03. The number of rotatable bonds is 5. The monoisotopic (exact) mass is 350 g/mol. The van der Waals surface area contributed by atoms with Gasteiger partial charge in [-0.15, -0.1) is 11.8 Å². The van der Waals surface area contributed by atoms with E-state index in [1.54, 1.807) is 18.0 Å². The maximum atomic E-state index is 11.8. The van der Waals surface area contributed by atoms with E-state index in [1.807, 2.05) is 43.3 Å². The van der Waals surface area contributed by atoms with Crippen LogP contribution >= 0.6 is 27.7 Å². The van der Waals surface area contributed by atoms with Crippen molar-refractivity contribution in [3.05, 3.63) is 52.6 Å². The van der Waals surface area contributed by atoms with Crippen LogP contribution in [0.1, 0.15) is 12.0 Å².